The summed E-state index contributed by atoms with van der Waals surface area (Å²) in [4.78, 5) is 28.6. The van der Waals surface area contributed by atoms with E-state index in [1.54, 1.807) is 6.33 Å². The molecule has 3 heterocycles. The largest absolute Gasteiger partial charge is 0.493 e. The fourth-order valence-electron chi connectivity index (χ4n) is 5.16. The van der Waals surface area contributed by atoms with Crippen molar-refractivity contribution in [2.45, 2.75) is 78.3 Å². The number of amides is 1. The lowest BCUT2D eigenvalue weighted by Crippen LogP contribution is -2.50. The molecule has 0 atom stereocenters. The lowest BCUT2D eigenvalue weighted by atomic mass is 9.98. The minimum Gasteiger partial charge on any atom is -0.493 e. The fourth-order valence-corrected chi connectivity index (χ4v) is 5.16. The van der Waals surface area contributed by atoms with Crippen molar-refractivity contribution >= 4 is 16.9 Å². The number of piperidine rings is 1. The SMILES string of the molecule is CCc1ccc(OCC2CC2)c(-c2ncnc3c(C(=O)NC4CCN(C(C)(C)C)CC4)c(C)[nH]c23)c1. The maximum Gasteiger partial charge on any atom is 0.255 e. The quantitative estimate of drug-likeness (QED) is 0.472. The second kappa shape index (κ2) is 9.85. The molecule has 7 heteroatoms. The third kappa shape index (κ3) is 5.12. The van der Waals surface area contributed by atoms with Gasteiger partial charge in [-0.3, -0.25) is 9.69 Å². The van der Waals surface area contributed by atoms with E-state index in [-0.39, 0.29) is 17.5 Å². The van der Waals surface area contributed by atoms with Crippen molar-refractivity contribution in [2.75, 3.05) is 19.7 Å². The Morgan fingerprint density at radius 1 is 1.17 bits per heavy atom. The summed E-state index contributed by atoms with van der Waals surface area (Å²) in [7, 11) is 0. The van der Waals surface area contributed by atoms with E-state index in [1.807, 2.05) is 6.92 Å². The van der Waals surface area contributed by atoms with E-state index in [4.69, 9.17) is 4.74 Å². The highest BCUT2D eigenvalue weighted by molar-refractivity contribution is 6.09. The highest BCUT2D eigenvalue weighted by Crippen LogP contribution is 2.37. The standard InChI is InChI=1S/C29H39N5O2/c1-6-19-9-10-23(36-16-20-7-8-20)22(15-19)25-27-26(31-17-30-25)24(18(2)32-27)28(35)33-21-11-13-34(14-12-21)29(3,4)5/h9-10,15,17,20-21,32H,6-8,11-14,16H2,1-5H3,(H,33,35). The minimum atomic E-state index is -0.0647. The average Bonchev–Trinajstić information content (AvgIpc) is 3.62. The lowest BCUT2D eigenvalue weighted by molar-refractivity contribution is 0.0813. The number of fused-ring (bicyclic) bond motifs is 1. The predicted molar refractivity (Wildman–Crippen MR) is 143 cm³/mol. The summed E-state index contributed by atoms with van der Waals surface area (Å²) in [5.74, 6) is 1.43. The molecule has 7 nitrogen and oxygen atoms in total. The maximum absolute atomic E-state index is 13.5. The van der Waals surface area contributed by atoms with Crippen LogP contribution in [0, 0.1) is 12.8 Å². The van der Waals surface area contributed by atoms with E-state index in [1.165, 1.54) is 18.4 Å². The summed E-state index contributed by atoms with van der Waals surface area (Å²) in [5.41, 5.74) is 5.98. The number of hydrogen-bond donors (Lipinski definition) is 2. The van der Waals surface area contributed by atoms with Crippen LogP contribution in [-0.2, 0) is 6.42 Å². The zero-order valence-corrected chi connectivity index (χ0v) is 22.3. The van der Waals surface area contributed by atoms with Gasteiger partial charge in [-0.1, -0.05) is 13.0 Å². The van der Waals surface area contributed by atoms with Crippen molar-refractivity contribution in [3.05, 3.63) is 41.3 Å². The zero-order chi connectivity index (χ0) is 25.4. The first-order chi connectivity index (χ1) is 17.2. The van der Waals surface area contributed by atoms with Crippen LogP contribution in [0.1, 0.15) is 75.0 Å². The molecule has 0 radical (unpaired) electrons. The summed E-state index contributed by atoms with van der Waals surface area (Å²) in [6, 6.07) is 6.50. The normalized spacial score (nSPS) is 17.5. The Kier molecular flexibility index (Phi) is 6.77. The van der Waals surface area contributed by atoms with Gasteiger partial charge in [0.25, 0.3) is 5.91 Å². The number of aromatic amines is 1. The van der Waals surface area contributed by atoms with Crippen LogP contribution < -0.4 is 10.1 Å². The second-order valence-corrected chi connectivity index (χ2v) is 11.4. The van der Waals surface area contributed by atoms with Gasteiger partial charge in [0.05, 0.1) is 17.7 Å². The van der Waals surface area contributed by atoms with Gasteiger partial charge in [-0.2, -0.15) is 0 Å². The number of carbonyl (C=O) groups is 1. The monoisotopic (exact) mass is 489 g/mol. The van der Waals surface area contributed by atoms with Gasteiger partial charge in [-0.15, -0.1) is 0 Å². The number of H-pyrrole nitrogens is 1. The average molecular weight is 490 g/mol. The molecule has 1 aliphatic heterocycles. The van der Waals surface area contributed by atoms with E-state index in [2.05, 4.69) is 71.1 Å². The van der Waals surface area contributed by atoms with Crippen LogP contribution in [0.5, 0.6) is 5.75 Å². The Labute approximate surface area is 214 Å². The molecule has 1 saturated heterocycles. The second-order valence-electron chi connectivity index (χ2n) is 11.4. The number of nitrogens with one attached hydrogen (secondary N) is 2. The van der Waals surface area contributed by atoms with Gasteiger partial charge in [-0.25, -0.2) is 9.97 Å². The van der Waals surface area contributed by atoms with E-state index in [9.17, 15) is 4.79 Å². The Hall–Kier alpha value is -2.93. The Balaban J connectivity index is 1.43. The first kappa shape index (κ1) is 24.8. The first-order valence-corrected chi connectivity index (χ1v) is 13.4. The summed E-state index contributed by atoms with van der Waals surface area (Å²) in [5, 5.41) is 3.28. The number of aryl methyl sites for hydroxylation is 2. The van der Waals surface area contributed by atoms with Gasteiger partial charge in [0.1, 0.15) is 23.3 Å². The third-order valence-electron chi connectivity index (χ3n) is 7.66. The van der Waals surface area contributed by atoms with E-state index >= 15 is 0 Å². The van der Waals surface area contributed by atoms with Crippen molar-refractivity contribution in [1.29, 1.82) is 0 Å². The molecule has 36 heavy (non-hydrogen) atoms. The van der Waals surface area contributed by atoms with Gasteiger partial charge in [0.15, 0.2) is 0 Å². The molecule has 0 unspecified atom stereocenters. The smallest absolute Gasteiger partial charge is 0.255 e. The van der Waals surface area contributed by atoms with Gasteiger partial charge in [0.2, 0.25) is 0 Å². The predicted octanol–water partition coefficient (Wildman–Crippen LogP) is 5.28. The summed E-state index contributed by atoms with van der Waals surface area (Å²) in [6.07, 6.45) is 6.88. The third-order valence-corrected chi connectivity index (χ3v) is 7.66. The molecule has 2 aliphatic rings. The minimum absolute atomic E-state index is 0.0647. The number of ether oxygens (including phenoxy) is 1. The Morgan fingerprint density at radius 2 is 1.92 bits per heavy atom. The summed E-state index contributed by atoms with van der Waals surface area (Å²) in [6.45, 7) is 13.5. The molecule has 5 rings (SSSR count). The van der Waals surface area contributed by atoms with Crippen LogP contribution in [0.15, 0.2) is 24.5 Å². The number of carbonyl (C=O) groups excluding carboxylic acids is 1. The zero-order valence-electron chi connectivity index (χ0n) is 22.3. The fraction of sp³-hybridized carbons (Fsp3) is 0.552. The molecule has 1 amide bonds. The molecule has 1 aromatic carbocycles. The molecular formula is C29H39N5O2. The van der Waals surface area contributed by atoms with Crippen molar-refractivity contribution in [1.82, 2.24) is 25.2 Å². The number of rotatable bonds is 7. The van der Waals surface area contributed by atoms with E-state index < -0.39 is 0 Å². The number of benzene rings is 1. The first-order valence-electron chi connectivity index (χ1n) is 13.4. The molecule has 2 fully saturated rings. The van der Waals surface area contributed by atoms with E-state index in [0.29, 0.717) is 17.0 Å². The van der Waals surface area contributed by atoms with Crippen LogP contribution in [-0.4, -0.2) is 57.0 Å². The molecule has 1 saturated carbocycles. The van der Waals surface area contributed by atoms with Crippen molar-refractivity contribution in [3.8, 4) is 17.0 Å². The van der Waals surface area contributed by atoms with Gasteiger partial charge in [-0.05, 0) is 83.4 Å². The van der Waals surface area contributed by atoms with Crippen LogP contribution in [0.4, 0.5) is 0 Å². The van der Waals surface area contributed by atoms with Gasteiger partial charge in [0, 0.05) is 35.9 Å². The Morgan fingerprint density at radius 3 is 2.58 bits per heavy atom. The molecule has 1 aliphatic carbocycles. The number of likely N-dealkylation sites (tertiary alicyclic amines) is 1. The highest BCUT2D eigenvalue weighted by atomic mass is 16.5. The van der Waals surface area contributed by atoms with Gasteiger partial charge >= 0.3 is 0 Å². The van der Waals surface area contributed by atoms with Crippen LogP contribution in [0.2, 0.25) is 0 Å². The van der Waals surface area contributed by atoms with Crippen molar-refractivity contribution < 1.29 is 9.53 Å². The summed E-state index contributed by atoms with van der Waals surface area (Å²) < 4.78 is 6.22. The maximum atomic E-state index is 13.5. The molecule has 2 aromatic heterocycles. The molecule has 0 spiro atoms. The number of aromatic nitrogens is 3. The van der Waals surface area contributed by atoms with Gasteiger partial charge < -0.3 is 15.0 Å². The number of nitrogens with zero attached hydrogens (tertiary/aromatic N) is 3. The van der Waals surface area contributed by atoms with Crippen LogP contribution in [0.25, 0.3) is 22.3 Å². The number of hydrogen-bond acceptors (Lipinski definition) is 5. The Bertz CT molecular complexity index is 1250. The summed E-state index contributed by atoms with van der Waals surface area (Å²) >= 11 is 0. The molecule has 3 aromatic rings. The highest BCUT2D eigenvalue weighted by Gasteiger charge is 2.29. The van der Waals surface area contributed by atoms with Crippen molar-refractivity contribution in [2.24, 2.45) is 5.92 Å². The molecular weight excluding hydrogens is 450 g/mol. The van der Waals surface area contributed by atoms with Crippen LogP contribution >= 0.6 is 0 Å². The van der Waals surface area contributed by atoms with Crippen LogP contribution in [0.3, 0.4) is 0 Å². The molecule has 192 valence electrons. The van der Waals surface area contributed by atoms with E-state index in [0.717, 1.165) is 67.2 Å². The molecule has 0 bridgehead atoms. The van der Waals surface area contributed by atoms with Crippen molar-refractivity contribution in [3.63, 3.8) is 0 Å². The lowest BCUT2D eigenvalue weighted by Gasteiger charge is -2.41. The molecule has 2 N–H and O–H groups in total. The topological polar surface area (TPSA) is 83.1 Å².